The second-order valence-corrected chi connectivity index (χ2v) is 8.60. The van der Waals surface area contributed by atoms with E-state index in [-0.39, 0.29) is 24.0 Å². The molecule has 0 bridgehead atoms. The molecule has 0 aliphatic carbocycles. The van der Waals surface area contributed by atoms with Gasteiger partial charge in [-0.2, -0.15) is 0 Å². The van der Waals surface area contributed by atoms with Gasteiger partial charge in [-0.25, -0.2) is 9.98 Å². The fourth-order valence-corrected chi connectivity index (χ4v) is 4.36. The molecule has 1 aromatic heterocycles. The molecule has 166 valence electrons. The van der Waals surface area contributed by atoms with Gasteiger partial charge in [-0.05, 0) is 44.1 Å². The van der Waals surface area contributed by atoms with Crippen LogP contribution in [-0.4, -0.2) is 49.2 Å². The summed E-state index contributed by atoms with van der Waals surface area (Å²) < 4.78 is 5.47. The van der Waals surface area contributed by atoms with E-state index >= 15 is 0 Å². The van der Waals surface area contributed by atoms with Crippen molar-refractivity contribution in [2.45, 2.75) is 45.6 Å². The van der Waals surface area contributed by atoms with Crippen LogP contribution in [0.15, 0.2) is 40.7 Å². The SMILES string of the molecule is CCNC(=NCc1csc(CCc2ccccc2)n1)N(C)CCC1CCOCC1.I. The summed E-state index contributed by atoms with van der Waals surface area (Å²) >= 11 is 1.75. The quantitative estimate of drug-likeness (QED) is 0.282. The van der Waals surface area contributed by atoms with E-state index in [4.69, 9.17) is 14.7 Å². The number of thiazole rings is 1. The predicted molar refractivity (Wildman–Crippen MR) is 137 cm³/mol. The molecule has 1 saturated heterocycles. The molecule has 0 radical (unpaired) electrons. The normalized spacial score (nSPS) is 14.9. The number of rotatable bonds is 9. The van der Waals surface area contributed by atoms with Crippen molar-refractivity contribution in [3.63, 3.8) is 0 Å². The summed E-state index contributed by atoms with van der Waals surface area (Å²) in [4.78, 5) is 11.9. The van der Waals surface area contributed by atoms with E-state index < -0.39 is 0 Å². The molecule has 0 saturated carbocycles. The van der Waals surface area contributed by atoms with Crippen LogP contribution in [0.5, 0.6) is 0 Å². The van der Waals surface area contributed by atoms with Crippen molar-refractivity contribution in [1.82, 2.24) is 15.2 Å². The van der Waals surface area contributed by atoms with Gasteiger partial charge >= 0.3 is 0 Å². The largest absolute Gasteiger partial charge is 0.381 e. The van der Waals surface area contributed by atoms with Gasteiger partial charge in [-0.3, -0.25) is 0 Å². The van der Waals surface area contributed by atoms with Crippen LogP contribution < -0.4 is 5.32 Å². The van der Waals surface area contributed by atoms with E-state index in [0.717, 1.165) is 56.7 Å². The Hall–Kier alpha value is -1.19. The van der Waals surface area contributed by atoms with Crippen molar-refractivity contribution in [3.8, 4) is 0 Å². The molecule has 2 heterocycles. The number of ether oxygens (including phenoxy) is 1. The Morgan fingerprint density at radius 2 is 2.00 bits per heavy atom. The molecular weight excluding hydrogens is 507 g/mol. The number of hydrogen-bond acceptors (Lipinski definition) is 4. The maximum absolute atomic E-state index is 5.47. The summed E-state index contributed by atoms with van der Waals surface area (Å²) in [5.41, 5.74) is 2.43. The highest BCUT2D eigenvalue weighted by Crippen LogP contribution is 2.18. The van der Waals surface area contributed by atoms with Crippen molar-refractivity contribution in [1.29, 1.82) is 0 Å². The third-order valence-corrected chi connectivity index (χ3v) is 6.33. The van der Waals surface area contributed by atoms with Crippen molar-refractivity contribution < 1.29 is 4.74 Å². The second-order valence-electron chi connectivity index (χ2n) is 7.65. The molecular formula is C23H35IN4OS. The Morgan fingerprint density at radius 1 is 1.23 bits per heavy atom. The average Bonchev–Trinajstić information content (AvgIpc) is 3.23. The molecule has 1 aliphatic rings. The van der Waals surface area contributed by atoms with Gasteiger partial charge in [0.25, 0.3) is 0 Å². The summed E-state index contributed by atoms with van der Waals surface area (Å²) in [6.07, 6.45) is 5.60. The van der Waals surface area contributed by atoms with E-state index in [9.17, 15) is 0 Å². The van der Waals surface area contributed by atoms with E-state index in [1.54, 1.807) is 11.3 Å². The number of guanidine groups is 1. The molecule has 1 aliphatic heterocycles. The number of nitrogens with zero attached hydrogens (tertiary/aromatic N) is 3. The third kappa shape index (κ3) is 8.51. The molecule has 3 rings (SSSR count). The smallest absolute Gasteiger partial charge is 0.194 e. The highest BCUT2D eigenvalue weighted by molar-refractivity contribution is 14.0. The van der Waals surface area contributed by atoms with Gasteiger partial charge in [0, 0.05) is 45.2 Å². The number of hydrogen-bond donors (Lipinski definition) is 1. The van der Waals surface area contributed by atoms with Crippen molar-refractivity contribution >= 4 is 41.3 Å². The summed E-state index contributed by atoms with van der Waals surface area (Å²) in [5.74, 6) is 1.75. The number of nitrogens with one attached hydrogen (secondary N) is 1. The van der Waals surface area contributed by atoms with Crippen LogP contribution in [0.4, 0.5) is 0 Å². The van der Waals surface area contributed by atoms with Gasteiger partial charge < -0.3 is 15.0 Å². The first-order valence-electron chi connectivity index (χ1n) is 10.8. The zero-order valence-electron chi connectivity index (χ0n) is 18.2. The number of halogens is 1. The number of aromatic nitrogens is 1. The summed E-state index contributed by atoms with van der Waals surface area (Å²) in [6, 6.07) is 10.6. The molecule has 30 heavy (non-hydrogen) atoms. The molecule has 1 N–H and O–H groups in total. The van der Waals surface area contributed by atoms with Crippen molar-refractivity contribution in [2.24, 2.45) is 10.9 Å². The topological polar surface area (TPSA) is 49.8 Å². The molecule has 0 atom stereocenters. The number of aryl methyl sites for hydroxylation is 2. The minimum Gasteiger partial charge on any atom is -0.381 e. The van der Waals surface area contributed by atoms with E-state index in [1.807, 2.05) is 0 Å². The van der Waals surface area contributed by atoms with E-state index in [2.05, 4.69) is 59.9 Å². The maximum atomic E-state index is 5.47. The first kappa shape index (κ1) is 25.1. The standard InChI is InChI=1S/C23H34N4OS.HI/c1-3-24-23(27(2)14-11-20-12-15-28-16-13-20)25-17-21-18-29-22(26-21)10-9-19-7-5-4-6-8-19;/h4-8,18,20H,3,9-17H2,1-2H3,(H,24,25);1H. The molecule has 1 aromatic carbocycles. The summed E-state index contributed by atoms with van der Waals surface area (Å²) in [7, 11) is 2.13. The predicted octanol–water partition coefficient (Wildman–Crippen LogP) is 4.76. The summed E-state index contributed by atoms with van der Waals surface area (Å²) in [5, 5.41) is 6.76. The molecule has 7 heteroatoms. The highest BCUT2D eigenvalue weighted by Gasteiger charge is 2.15. The molecule has 5 nitrogen and oxygen atoms in total. The lowest BCUT2D eigenvalue weighted by Crippen LogP contribution is -2.40. The third-order valence-electron chi connectivity index (χ3n) is 5.37. The maximum Gasteiger partial charge on any atom is 0.194 e. The Bertz CT molecular complexity index is 747. The van der Waals surface area contributed by atoms with Crippen molar-refractivity contribution in [2.75, 3.05) is 33.4 Å². The number of aliphatic imine (C=N–C) groups is 1. The van der Waals surface area contributed by atoms with Crippen LogP contribution in [0.1, 0.15) is 42.5 Å². The Labute approximate surface area is 202 Å². The van der Waals surface area contributed by atoms with Crippen LogP contribution in [0.2, 0.25) is 0 Å². The van der Waals surface area contributed by atoms with Crippen LogP contribution in [0.25, 0.3) is 0 Å². The molecule has 0 amide bonds. The first-order chi connectivity index (χ1) is 14.2. The minimum absolute atomic E-state index is 0. The van der Waals surface area contributed by atoms with E-state index in [1.165, 1.54) is 29.8 Å². The number of benzene rings is 1. The lowest BCUT2D eigenvalue weighted by molar-refractivity contribution is 0.0625. The van der Waals surface area contributed by atoms with Crippen LogP contribution in [0.3, 0.4) is 0 Å². The molecule has 1 fully saturated rings. The van der Waals surface area contributed by atoms with Crippen LogP contribution in [0, 0.1) is 5.92 Å². The lowest BCUT2D eigenvalue weighted by atomic mass is 9.96. The second kappa shape index (κ2) is 14.0. The fourth-order valence-electron chi connectivity index (χ4n) is 3.58. The Kier molecular flexibility index (Phi) is 11.7. The van der Waals surface area contributed by atoms with Crippen molar-refractivity contribution in [3.05, 3.63) is 52.0 Å². The van der Waals surface area contributed by atoms with Gasteiger partial charge in [-0.1, -0.05) is 30.3 Å². The monoisotopic (exact) mass is 542 g/mol. The molecule has 0 unspecified atom stereocenters. The Morgan fingerprint density at radius 3 is 2.73 bits per heavy atom. The first-order valence-corrected chi connectivity index (χ1v) is 11.7. The van der Waals surface area contributed by atoms with Gasteiger partial charge in [0.05, 0.1) is 17.2 Å². The molecule has 0 spiro atoms. The summed E-state index contributed by atoms with van der Waals surface area (Å²) in [6.45, 7) is 6.48. The van der Waals surface area contributed by atoms with Crippen LogP contribution >= 0.6 is 35.3 Å². The van der Waals surface area contributed by atoms with Gasteiger partial charge in [-0.15, -0.1) is 35.3 Å². The minimum atomic E-state index is 0. The van der Waals surface area contributed by atoms with Gasteiger partial charge in [0.15, 0.2) is 5.96 Å². The average molecular weight is 543 g/mol. The fraction of sp³-hybridized carbons (Fsp3) is 0.565. The van der Waals surface area contributed by atoms with Gasteiger partial charge in [0.1, 0.15) is 0 Å². The zero-order chi connectivity index (χ0) is 20.3. The highest BCUT2D eigenvalue weighted by atomic mass is 127. The Balaban J connectivity index is 0.00000320. The van der Waals surface area contributed by atoms with E-state index in [0.29, 0.717) is 6.54 Å². The zero-order valence-corrected chi connectivity index (χ0v) is 21.3. The lowest BCUT2D eigenvalue weighted by Gasteiger charge is -2.26. The molecule has 2 aromatic rings. The van der Waals surface area contributed by atoms with Crippen LogP contribution in [-0.2, 0) is 24.1 Å². The van der Waals surface area contributed by atoms with Gasteiger partial charge in [0.2, 0.25) is 0 Å².